The molecule has 138 valence electrons. The van der Waals surface area contributed by atoms with Crippen molar-refractivity contribution in [1.82, 2.24) is 4.90 Å². The highest BCUT2D eigenvalue weighted by Gasteiger charge is 2.11. The maximum absolute atomic E-state index is 11.9. The minimum Gasteiger partial charge on any atom is -0.488 e. The van der Waals surface area contributed by atoms with Gasteiger partial charge in [0, 0.05) is 14.1 Å². The molecule has 0 aliphatic heterocycles. The largest absolute Gasteiger partial charge is 0.488 e. The van der Waals surface area contributed by atoms with Crippen LogP contribution in [0.25, 0.3) is 6.08 Å². The van der Waals surface area contributed by atoms with Crippen LogP contribution in [0.15, 0.2) is 48.0 Å². The molecule has 0 aliphatic rings. The number of nitrogens with zero attached hydrogens (tertiary/aromatic N) is 2. The van der Waals surface area contributed by atoms with E-state index < -0.39 is 5.97 Å². The minimum atomic E-state index is -0.967. The second-order valence-corrected chi connectivity index (χ2v) is 7.01. The van der Waals surface area contributed by atoms with Crippen molar-refractivity contribution in [1.29, 1.82) is 5.26 Å². The molecule has 1 amide bonds. The van der Waals surface area contributed by atoms with E-state index in [-0.39, 0.29) is 17.0 Å². The Hall–Kier alpha value is -2.86. The van der Waals surface area contributed by atoms with E-state index in [4.69, 9.17) is 15.1 Å². The van der Waals surface area contributed by atoms with E-state index in [9.17, 15) is 9.59 Å². The zero-order chi connectivity index (χ0) is 20.0. The van der Waals surface area contributed by atoms with Crippen LogP contribution in [0.1, 0.15) is 21.5 Å². The number of carbonyl (C=O) groups excluding carboxylic acids is 1. The molecule has 2 rings (SSSR count). The monoisotopic (exact) mass is 476 g/mol. The lowest BCUT2D eigenvalue weighted by Crippen LogP contribution is -2.22. The first-order valence-electron chi connectivity index (χ1n) is 7.90. The first kappa shape index (κ1) is 20.5. The molecular formula is C20H17IN2O4. The molecule has 0 unspecified atom stereocenters. The third-order valence-electron chi connectivity index (χ3n) is 3.62. The van der Waals surface area contributed by atoms with Crippen LogP contribution in [0.3, 0.4) is 0 Å². The van der Waals surface area contributed by atoms with E-state index in [0.717, 1.165) is 14.7 Å². The van der Waals surface area contributed by atoms with Gasteiger partial charge in [-0.15, -0.1) is 0 Å². The van der Waals surface area contributed by atoms with Crippen molar-refractivity contribution in [2.24, 2.45) is 0 Å². The number of hydrogen-bond acceptors (Lipinski definition) is 4. The number of benzene rings is 2. The molecule has 0 bridgehead atoms. The molecule has 0 fully saturated rings. The van der Waals surface area contributed by atoms with Crippen LogP contribution in [0.2, 0.25) is 0 Å². The van der Waals surface area contributed by atoms with E-state index in [1.807, 2.05) is 12.1 Å². The van der Waals surface area contributed by atoms with Gasteiger partial charge in [-0.1, -0.05) is 18.2 Å². The molecule has 2 aromatic carbocycles. The topological polar surface area (TPSA) is 90.6 Å². The molecule has 0 spiro atoms. The van der Waals surface area contributed by atoms with Crippen LogP contribution >= 0.6 is 22.6 Å². The van der Waals surface area contributed by atoms with Crippen LogP contribution in [0.5, 0.6) is 5.75 Å². The molecule has 1 N–H and O–H groups in total. The van der Waals surface area contributed by atoms with Gasteiger partial charge < -0.3 is 14.7 Å². The number of halogens is 1. The van der Waals surface area contributed by atoms with Crippen LogP contribution in [0, 0.1) is 14.9 Å². The van der Waals surface area contributed by atoms with E-state index in [0.29, 0.717) is 12.4 Å². The van der Waals surface area contributed by atoms with Crippen molar-refractivity contribution in [2.75, 3.05) is 14.1 Å². The maximum atomic E-state index is 11.9. The summed E-state index contributed by atoms with van der Waals surface area (Å²) in [5, 5.41) is 18.1. The Balaban J connectivity index is 2.11. The third kappa shape index (κ3) is 5.56. The summed E-state index contributed by atoms with van der Waals surface area (Å²) in [4.78, 5) is 24.1. The number of carbonyl (C=O) groups is 2. The number of carboxylic acids is 1. The third-order valence-corrected chi connectivity index (χ3v) is 4.46. The Morgan fingerprint density at radius 2 is 1.89 bits per heavy atom. The Morgan fingerprint density at radius 1 is 1.22 bits per heavy atom. The van der Waals surface area contributed by atoms with Crippen LogP contribution in [0.4, 0.5) is 0 Å². The number of ether oxygens (including phenoxy) is 1. The number of carboxylic acid groups (broad SMARTS) is 1. The van der Waals surface area contributed by atoms with E-state index in [1.165, 1.54) is 17.0 Å². The van der Waals surface area contributed by atoms with E-state index >= 15 is 0 Å². The molecule has 0 aliphatic carbocycles. The van der Waals surface area contributed by atoms with E-state index in [1.54, 1.807) is 44.4 Å². The lowest BCUT2D eigenvalue weighted by molar-refractivity contribution is -0.124. The molecule has 6 nitrogen and oxygen atoms in total. The molecule has 2 aromatic rings. The van der Waals surface area contributed by atoms with Crippen molar-refractivity contribution in [3.05, 3.63) is 68.3 Å². The number of aromatic carboxylic acids is 1. The number of likely N-dealkylation sites (N-methyl/N-ethyl adjacent to an activating group) is 1. The van der Waals surface area contributed by atoms with Crippen molar-refractivity contribution < 1.29 is 19.4 Å². The standard InChI is InChI=1S/C20H17IN2O4/c1-23(2)19(24)16(11-22)9-14-5-8-18(17(21)10-14)27-12-13-3-6-15(7-4-13)20(25)26/h3-10H,12H2,1-2H3,(H,25,26)/b16-9-. The predicted molar refractivity (Wildman–Crippen MR) is 109 cm³/mol. The van der Waals surface area contributed by atoms with E-state index in [2.05, 4.69) is 22.6 Å². The SMILES string of the molecule is CN(C)C(=O)/C(C#N)=C\c1ccc(OCc2ccc(C(=O)O)cc2)c(I)c1. The van der Waals surface area contributed by atoms with Crippen LogP contribution in [-0.2, 0) is 11.4 Å². The van der Waals surface area contributed by atoms with Gasteiger partial charge in [-0.05, 0) is 64.1 Å². The molecule has 27 heavy (non-hydrogen) atoms. The molecule has 7 heteroatoms. The van der Waals surface area contributed by atoms with Gasteiger partial charge in [-0.2, -0.15) is 5.26 Å². The first-order chi connectivity index (χ1) is 12.8. The number of hydrogen-bond donors (Lipinski definition) is 1. The molecule has 0 radical (unpaired) electrons. The highest BCUT2D eigenvalue weighted by molar-refractivity contribution is 14.1. The van der Waals surface area contributed by atoms with Crippen molar-refractivity contribution in [3.63, 3.8) is 0 Å². The number of rotatable bonds is 6. The van der Waals surface area contributed by atoms with Gasteiger partial charge in [0.05, 0.1) is 9.13 Å². The molecule has 0 atom stereocenters. The average Bonchev–Trinajstić information content (AvgIpc) is 2.65. The number of amides is 1. The summed E-state index contributed by atoms with van der Waals surface area (Å²) in [5.74, 6) is -0.657. The maximum Gasteiger partial charge on any atom is 0.335 e. The Morgan fingerprint density at radius 3 is 2.41 bits per heavy atom. The Kier molecular flexibility index (Phi) is 6.96. The van der Waals surface area contributed by atoms with Gasteiger partial charge in [0.25, 0.3) is 5.91 Å². The van der Waals surface area contributed by atoms with Crippen molar-refractivity contribution in [3.8, 4) is 11.8 Å². The smallest absolute Gasteiger partial charge is 0.335 e. The fraction of sp³-hybridized carbons (Fsp3) is 0.150. The van der Waals surface area contributed by atoms with Gasteiger partial charge in [-0.3, -0.25) is 4.79 Å². The summed E-state index contributed by atoms with van der Waals surface area (Å²) >= 11 is 2.12. The lowest BCUT2D eigenvalue weighted by Gasteiger charge is -2.10. The first-order valence-corrected chi connectivity index (χ1v) is 8.97. The normalized spacial score (nSPS) is 10.8. The summed E-state index contributed by atoms with van der Waals surface area (Å²) in [6.45, 7) is 0.299. The van der Waals surface area contributed by atoms with Crippen LogP contribution in [-0.4, -0.2) is 36.0 Å². The van der Waals surface area contributed by atoms with Gasteiger partial charge in [-0.25, -0.2) is 4.79 Å². The van der Waals surface area contributed by atoms with Gasteiger partial charge >= 0.3 is 5.97 Å². The average molecular weight is 476 g/mol. The molecule has 0 saturated carbocycles. The highest BCUT2D eigenvalue weighted by Crippen LogP contribution is 2.24. The van der Waals surface area contributed by atoms with Crippen molar-refractivity contribution in [2.45, 2.75) is 6.61 Å². The summed E-state index contributed by atoms with van der Waals surface area (Å²) in [5.41, 5.74) is 1.86. The highest BCUT2D eigenvalue weighted by atomic mass is 127. The second-order valence-electron chi connectivity index (χ2n) is 5.85. The summed E-state index contributed by atoms with van der Waals surface area (Å²) in [6, 6.07) is 13.8. The molecule has 0 heterocycles. The van der Waals surface area contributed by atoms with Crippen LogP contribution < -0.4 is 4.74 Å². The minimum absolute atomic E-state index is 0.0583. The van der Waals surface area contributed by atoms with Gasteiger partial charge in [0.15, 0.2) is 0 Å². The number of nitriles is 1. The predicted octanol–water partition coefficient (Wildman–Crippen LogP) is 3.56. The summed E-state index contributed by atoms with van der Waals surface area (Å²) in [6.07, 6.45) is 1.54. The Bertz CT molecular complexity index is 928. The zero-order valence-corrected chi connectivity index (χ0v) is 16.9. The summed E-state index contributed by atoms with van der Waals surface area (Å²) < 4.78 is 6.61. The second kappa shape index (κ2) is 9.19. The zero-order valence-electron chi connectivity index (χ0n) is 14.8. The van der Waals surface area contributed by atoms with Crippen molar-refractivity contribution >= 4 is 40.5 Å². The summed E-state index contributed by atoms with van der Waals surface area (Å²) in [7, 11) is 3.19. The van der Waals surface area contributed by atoms with Gasteiger partial charge in [0.1, 0.15) is 24.0 Å². The fourth-order valence-corrected chi connectivity index (χ4v) is 2.87. The molecular weight excluding hydrogens is 459 g/mol. The lowest BCUT2D eigenvalue weighted by atomic mass is 10.1. The molecule has 0 saturated heterocycles. The quantitative estimate of drug-likeness (QED) is 0.391. The van der Waals surface area contributed by atoms with Gasteiger partial charge in [0.2, 0.25) is 0 Å². The Labute approximate surface area is 170 Å². The fourth-order valence-electron chi connectivity index (χ4n) is 2.18. The molecule has 0 aromatic heterocycles.